The second kappa shape index (κ2) is 10.8. The highest BCUT2D eigenvalue weighted by Crippen LogP contribution is 2.32. The number of alkyl halides is 6. The van der Waals surface area contributed by atoms with Crippen molar-refractivity contribution < 1.29 is 26.3 Å². The van der Waals surface area contributed by atoms with Crippen LogP contribution in [0.4, 0.5) is 26.3 Å². The molecule has 0 saturated carbocycles. The average molecular weight is 390 g/mol. The summed E-state index contributed by atoms with van der Waals surface area (Å²) in [7, 11) is 0. The highest BCUT2D eigenvalue weighted by molar-refractivity contribution is 5.64. The van der Waals surface area contributed by atoms with Crippen molar-refractivity contribution in [3.63, 3.8) is 0 Å². The van der Waals surface area contributed by atoms with Crippen LogP contribution in [0.15, 0.2) is 60.2 Å². The Morgan fingerprint density at radius 3 is 1.70 bits per heavy atom. The maximum atomic E-state index is 12.5. The van der Waals surface area contributed by atoms with Gasteiger partial charge in [-0.2, -0.15) is 26.3 Å². The largest absolute Gasteiger partial charge is 0.416 e. The third-order valence-corrected chi connectivity index (χ3v) is 3.45. The van der Waals surface area contributed by atoms with E-state index in [0.717, 1.165) is 30.2 Å². The number of halogens is 6. The third kappa shape index (κ3) is 8.80. The van der Waals surface area contributed by atoms with Crippen molar-refractivity contribution in [1.29, 1.82) is 0 Å². The lowest BCUT2D eigenvalue weighted by Gasteiger charge is -2.09. The van der Waals surface area contributed by atoms with Crippen molar-refractivity contribution in [3.8, 4) is 11.1 Å². The molecule has 0 aliphatic rings. The fourth-order valence-corrected chi connectivity index (χ4v) is 1.78. The molecule has 0 amide bonds. The van der Waals surface area contributed by atoms with Gasteiger partial charge in [0.25, 0.3) is 0 Å². The van der Waals surface area contributed by atoms with Gasteiger partial charge in [-0.1, -0.05) is 61.9 Å². The van der Waals surface area contributed by atoms with Crippen LogP contribution in [0.5, 0.6) is 0 Å². The van der Waals surface area contributed by atoms with E-state index in [1.165, 1.54) is 19.1 Å². The SMILES string of the molecule is C/C=C(\C)C(F)(F)F.CC.Cc1ccc(-c2cccc(C(F)(F)F)c2)cc1. The van der Waals surface area contributed by atoms with Crippen molar-refractivity contribution >= 4 is 0 Å². The van der Waals surface area contributed by atoms with Crippen LogP contribution in [0.25, 0.3) is 11.1 Å². The predicted octanol–water partition coefficient (Wildman–Crippen LogP) is 8.22. The molecule has 27 heavy (non-hydrogen) atoms. The van der Waals surface area contributed by atoms with E-state index in [4.69, 9.17) is 0 Å². The number of benzene rings is 2. The topological polar surface area (TPSA) is 0 Å². The first-order valence-corrected chi connectivity index (χ1v) is 8.39. The molecule has 0 fully saturated rings. The zero-order valence-corrected chi connectivity index (χ0v) is 16.0. The quantitative estimate of drug-likeness (QED) is 0.340. The van der Waals surface area contributed by atoms with Crippen molar-refractivity contribution in [2.45, 2.75) is 47.0 Å². The molecule has 0 aliphatic carbocycles. The van der Waals surface area contributed by atoms with Crippen molar-refractivity contribution in [3.05, 3.63) is 71.3 Å². The van der Waals surface area contributed by atoms with Crippen molar-refractivity contribution in [2.24, 2.45) is 0 Å². The Morgan fingerprint density at radius 1 is 0.815 bits per heavy atom. The van der Waals surface area contributed by atoms with Crippen molar-refractivity contribution in [2.75, 3.05) is 0 Å². The maximum Gasteiger partial charge on any atom is 0.416 e. The standard InChI is InChI=1S/C14H11F3.C5H7F3.C2H6/c1-10-5-7-11(8-6-10)12-3-2-4-13(9-12)14(15,16)17;1-3-4(2)5(6,7)8;1-2/h2-9H,1H3;3H,1-2H3;1-2H3/b;4-3+;. The Hall–Kier alpha value is -2.24. The zero-order chi connectivity index (χ0) is 21.3. The molecule has 150 valence electrons. The van der Waals surface area contributed by atoms with Gasteiger partial charge >= 0.3 is 12.4 Å². The molecule has 0 saturated heterocycles. The molecule has 0 aliphatic heterocycles. The number of rotatable bonds is 1. The highest BCUT2D eigenvalue weighted by atomic mass is 19.4. The van der Waals surface area contributed by atoms with Crippen LogP contribution in [0.1, 0.15) is 38.8 Å². The third-order valence-electron chi connectivity index (χ3n) is 3.45. The van der Waals surface area contributed by atoms with Gasteiger partial charge in [0, 0.05) is 5.57 Å². The van der Waals surface area contributed by atoms with Gasteiger partial charge in [-0.25, -0.2) is 0 Å². The van der Waals surface area contributed by atoms with Gasteiger partial charge in [-0.05, 0) is 44.0 Å². The summed E-state index contributed by atoms with van der Waals surface area (Å²) in [4.78, 5) is 0. The van der Waals surface area contributed by atoms with E-state index in [1.807, 2.05) is 45.0 Å². The molecule has 0 N–H and O–H groups in total. The average Bonchev–Trinajstić information content (AvgIpc) is 2.62. The van der Waals surface area contributed by atoms with E-state index < -0.39 is 23.5 Å². The van der Waals surface area contributed by atoms with Crippen LogP contribution >= 0.6 is 0 Å². The van der Waals surface area contributed by atoms with E-state index >= 15 is 0 Å². The number of aryl methyl sites for hydroxylation is 1. The second-order valence-electron chi connectivity index (χ2n) is 5.41. The molecule has 2 aromatic rings. The first kappa shape index (κ1) is 24.8. The summed E-state index contributed by atoms with van der Waals surface area (Å²) in [5.41, 5.74) is 1.30. The monoisotopic (exact) mass is 390 g/mol. The van der Waals surface area contributed by atoms with E-state index in [2.05, 4.69) is 0 Å². The van der Waals surface area contributed by atoms with E-state index in [-0.39, 0.29) is 0 Å². The van der Waals surface area contributed by atoms with Gasteiger partial charge in [0.15, 0.2) is 0 Å². The summed E-state index contributed by atoms with van der Waals surface area (Å²) in [5.74, 6) is 0. The van der Waals surface area contributed by atoms with E-state index in [1.54, 1.807) is 6.07 Å². The fourth-order valence-electron chi connectivity index (χ4n) is 1.78. The minimum absolute atomic E-state index is 0.544. The number of hydrogen-bond acceptors (Lipinski definition) is 0. The molecule has 2 rings (SSSR count). The first-order valence-electron chi connectivity index (χ1n) is 8.39. The molecule has 0 radical (unpaired) electrons. The second-order valence-corrected chi connectivity index (χ2v) is 5.41. The van der Waals surface area contributed by atoms with Crippen LogP contribution in [0.3, 0.4) is 0 Å². The van der Waals surface area contributed by atoms with Gasteiger partial charge in [0.05, 0.1) is 5.56 Å². The van der Waals surface area contributed by atoms with Gasteiger partial charge in [-0.3, -0.25) is 0 Å². The Labute approximate surface area is 156 Å². The maximum absolute atomic E-state index is 12.5. The predicted molar refractivity (Wildman–Crippen MR) is 98.5 cm³/mol. The lowest BCUT2D eigenvalue weighted by atomic mass is 10.0. The zero-order valence-electron chi connectivity index (χ0n) is 16.0. The molecular formula is C21H24F6. The lowest BCUT2D eigenvalue weighted by molar-refractivity contribution is -0.137. The molecule has 0 unspecified atom stereocenters. The minimum atomic E-state index is -4.29. The van der Waals surface area contributed by atoms with Gasteiger partial charge < -0.3 is 0 Å². The molecule has 0 aromatic heterocycles. The van der Waals surface area contributed by atoms with Gasteiger partial charge in [-0.15, -0.1) is 0 Å². The molecule has 6 heteroatoms. The summed E-state index contributed by atoms with van der Waals surface area (Å²) in [5, 5.41) is 0. The molecular weight excluding hydrogens is 366 g/mol. The smallest absolute Gasteiger partial charge is 0.167 e. The Kier molecular flexibility index (Phi) is 9.90. The van der Waals surface area contributed by atoms with Gasteiger partial charge in [0.1, 0.15) is 0 Å². The van der Waals surface area contributed by atoms with E-state index in [9.17, 15) is 26.3 Å². The Bertz CT molecular complexity index is 707. The summed E-state index contributed by atoms with van der Waals surface area (Å²) < 4.78 is 71.8. The molecule has 0 atom stereocenters. The van der Waals surface area contributed by atoms with E-state index in [0.29, 0.717) is 5.56 Å². The van der Waals surface area contributed by atoms with Gasteiger partial charge in [0.2, 0.25) is 0 Å². The summed E-state index contributed by atoms with van der Waals surface area (Å²) in [6.07, 6.45) is -7.38. The van der Waals surface area contributed by atoms with Crippen LogP contribution in [0.2, 0.25) is 0 Å². The summed E-state index contributed by atoms with van der Waals surface area (Å²) >= 11 is 0. The highest BCUT2D eigenvalue weighted by Gasteiger charge is 2.30. The minimum Gasteiger partial charge on any atom is -0.167 e. The van der Waals surface area contributed by atoms with Crippen LogP contribution < -0.4 is 0 Å². The van der Waals surface area contributed by atoms with Crippen molar-refractivity contribution in [1.82, 2.24) is 0 Å². The molecule has 0 nitrogen and oxygen atoms in total. The number of allylic oxidation sites excluding steroid dienone is 2. The normalized spacial score (nSPS) is 11.7. The summed E-state index contributed by atoms with van der Waals surface area (Å²) in [6, 6.07) is 12.8. The Balaban J connectivity index is 0.000000574. The first-order chi connectivity index (χ1) is 12.4. The Morgan fingerprint density at radius 2 is 1.33 bits per heavy atom. The molecule has 0 heterocycles. The lowest BCUT2D eigenvalue weighted by Crippen LogP contribution is -2.07. The fraction of sp³-hybridized carbons (Fsp3) is 0.333. The molecule has 0 spiro atoms. The van der Waals surface area contributed by atoms with Crippen LogP contribution in [0, 0.1) is 6.92 Å². The number of hydrogen-bond donors (Lipinski definition) is 0. The molecule has 0 bridgehead atoms. The van der Waals surface area contributed by atoms with Crippen LogP contribution in [-0.2, 0) is 6.18 Å². The van der Waals surface area contributed by atoms with Crippen LogP contribution in [-0.4, -0.2) is 6.18 Å². The molecule has 2 aromatic carbocycles. The summed E-state index contributed by atoms with van der Waals surface area (Å²) in [6.45, 7) is 8.35.